The second kappa shape index (κ2) is 8.94. The molecule has 0 aromatic rings. The van der Waals surface area contributed by atoms with Crippen LogP contribution in [0, 0.1) is 28.6 Å². The van der Waals surface area contributed by atoms with Crippen molar-refractivity contribution in [2.75, 3.05) is 13.2 Å². The van der Waals surface area contributed by atoms with E-state index in [4.69, 9.17) is 14.2 Å². The van der Waals surface area contributed by atoms with Gasteiger partial charge in [-0.2, -0.15) is 0 Å². The summed E-state index contributed by atoms with van der Waals surface area (Å²) in [6.07, 6.45) is -0.538. The first kappa shape index (κ1) is 27.1. The molecule has 6 aliphatic rings. The van der Waals surface area contributed by atoms with Gasteiger partial charge in [-0.1, -0.05) is 13.8 Å². The maximum Gasteiger partial charge on any atom is 0.331 e. The van der Waals surface area contributed by atoms with E-state index in [1.54, 1.807) is 6.08 Å². The number of rotatable bonds is 3. The number of fused-ring (bicyclic) bond motifs is 5. The molecule has 4 saturated carbocycles. The lowest BCUT2D eigenvalue weighted by atomic mass is 9.41. The average molecular weight is 539 g/mol. The molecule has 0 aromatic heterocycles. The zero-order chi connectivity index (χ0) is 27.3. The van der Waals surface area contributed by atoms with E-state index in [2.05, 4.69) is 0 Å². The fourth-order valence-electron chi connectivity index (χ4n) is 9.67. The molecule has 10 nitrogen and oxygen atoms in total. The van der Waals surface area contributed by atoms with Crippen molar-refractivity contribution in [3.05, 3.63) is 11.6 Å². The van der Waals surface area contributed by atoms with Gasteiger partial charge in [-0.25, -0.2) is 4.79 Å². The maximum absolute atomic E-state index is 12.4. The molecule has 2 aliphatic heterocycles. The van der Waals surface area contributed by atoms with Gasteiger partial charge >= 0.3 is 5.97 Å². The lowest BCUT2D eigenvalue weighted by Gasteiger charge is -2.67. The van der Waals surface area contributed by atoms with Gasteiger partial charge in [-0.3, -0.25) is 0 Å². The third-order valence-corrected chi connectivity index (χ3v) is 11.8. The Kier molecular flexibility index (Phi) is 6.37. The third-order valence-electron chi connectivity index (χ3n) is 11.8. The fourth-order valence-corrected chi connectivity index (χ4v) is 9.67. The predicted octanol–water partition coefficient (Wildman–Crippen LogP) is 0.153. The van der Waals surface area contributed by atoms with Crippen LogP contribution in [0.1, 0.15) is 65.2 Å². The first-order valence-electron chi connectivity index (χ1n) is 14.1. The Hall–Kier alpha value is -1.11. The minimum absolute atomic E-state index is 0.0388. The van der Waals surface area contributed by atoms with Crippen LogP contribution in [-0.4, -0.2) is 97.8 Å². The molecule has 4 aliphatic carbocycles. The summed E-state index contributed by atoms with van der Waals surface area (Å²) in [5.74, 6) is -0.881. The summed E-state index contributed by atoms with van der Waals surface area (Å²) in [4.78, 5) is 11.8. The normalized spacial score (nSPS) is 56.5. The molecule has 5 fully saturated rings. The maximum atomic E-state index is 12.4. The number of carbonyl (C=O) groups is 1. The number of cyclic esters (lactones) is 1. The van der Waals surface area contributed by atoms with Crippen LogP contribution in [0.5, 0.6) is 0 Å². The summed E-state index contributed by atoms with van der Waals surface area (Å²) < 4.78 is 16.6. The summed E-state index contributed by atoms with van der Waals surface area (Å²) in [6, 6.07) is 0. The van der Waals surface area contributed by atoms with E-state index in [-0.39, 0.29) is 43.4 Å². The van der Waals surface area contributed by atoms with Crippen LogP contribution in [0.25, 0.3) is 0 Å². The highest BCUT2D eigenvalue weighted by Crippen LogP contribution is 2.70. The summed E-state index contributed by atoms with van der Waals surface area (Å²) in [5.41, 5.74) is -2.52. The van der Waals surface area contributed by atoms with Crippen LogP contribution in [0.15, 0.2) is 11.6 Å². The Morgan fingerprint density at radius 3 is 2.39 bits per heavy atom. The lowest BCUT2D eigenvalue weighted by Crippen LogP contribution is -2.71. The van der Waals surface area contributed by atoms with Gasteiger partial charge in [0.2, 0.25) is 0 Å². The van der Waals surface area contributed by atoms with Crippen LogP contribution >= 0.6 is 0 Å². The summed E-state index contributed by atoms with van der Waals surface area (Å²) in [6.45, 7) is 4.17. The van der Waals surface area contributed by atoms with E-state index in [0.717, 1.165) is 12.0 Å². The van der Waals surface area contributed by atoms with Crippen molar-refractivity contribution >= 4 is 5.97 Å². The van der Waals surface area contributed by atoms with Crippen molar-refractivity contribution in [2.24, 2.45) is 28.6 Å². The van der Waals surface area contributed by atoms with Crippen molar-refractivity contribution in [3.8, 4) is 0 Å². The Balaban J connectivity index is 1.23. The second-order valence-electron chi connectivity index (χ2n) is 13.4. The van der Waals surface area contributed by atoms with E-state index in [1.807, 2.05) is 13.8 Å². The Morgan fingerprint density at radius 1 is 0.921 bits per heavy atom. The molecule has 10 heteroatoms. The number of aliphatic hydroxyl groups is 6. The monoisotopic (exact) mass is 538 g/mol. The van der Waals surface area contributed by atoms with Crippen LogP contribution < -0.4 is 0 Å². The van der Waals surface area contributed by atoms with Crippen molar-refractivity contribution < 1.29 is 49.6 Å². The standard InChI is InChI=1S/C28H42O10/c1-25-6-3-15(38-24-23(33)22(32)19(30)13-37-24)10-27(25,34)7-4-17-21(25)18(29)11-26(2)16(5-8-28(17,26)35)14-9-20(31)36-12-14/h9,15-19,21-24,29-30,32-35H,3-8,10-13H2,1-2H3/t15-,16+,17+,18+,19+,21+,22-,23+,24-,25+,26+,27-,28-/m0/s1. The number of aliphatic hydroxyl groups excluding tert-OH is 4. The first-order chi connectivity index (χ1) is 17.8. The Bertz CT molecular complexity index is 1000. The molecule has 6 N–H and O–H groups in total. The predicted molar refractivity (Wildman–Crippen MR) is 131 cm³/mol. The molecule has 0 spiro atoms. The number of hydrogen-bond donors (Lipinski definition) is 6. The van der Waals surface area contributed by atoms with Crippen LogP contribution in [0.4, 0.5) is 0 Å². The number of ether oxygens (including phenoxy) is 3. The molecular weight excluding hydrogens is 496 g/mol. The summed E-state index contributed by atoms with van der Waals surface area (Å²) >= 11 is 0. The van der Waals surface area contributed by atoms with E-state index in [0.29, 0.717) is 38.5 Å². The minimum atomic E-state index is -1.39. The molecule has 38 heavy (non-hydrogen) atoms. The van der Waals surface area contributed by atoms with Gasteiger partial charge < -0.3 is 44.8 Å². The van der Waals surface area contributed by atoms with E-state index in [1.165, 1.54) is 0 Å². The molecule has 0 radical (unpaired) electrons. The van der Waals surface area contributed by atoms with Gasteiger partial charge in [0.25, 0.3) is 0 Å². The zero-order valence-electron chi connectivity index (χ0n) is 22.2. The fraction of sp³-hybridized carbons (Fsp3) is 0.893. The van der Waals surface area contributed by atoms with Crippen LogP contribution in [0.3, 0.4) is 0 Å². The topological polar surface area (TPSA) is 166 Å². The summed E-state index contributed by atoms with van der Waals surface area (Å²) in [7, 11) is 0. The molecule has 6 rings (SSSR count). The number of hydrogen-bond acceptors (Lipinski definition) is 10. The van der Waals surface area contributed by atoms with Gasteiger partial charge in [0, 0.05) is 23.3 Å². The van der Waals surface area contributed by atoms with Crippen LogP contribution in [0.2, 0.25) is 0 Å². The molecule has 1 saturated heterocycles. The van der Waals surface area contributed by atoms with Crippen molar-refractivity contribution in [3.63, 3.8) is 0 Å². The van der Waals surface area contributed by atoms with Gasteiger partial charge in [-0.05, 0) is 68.3 Å². The third kappa shape index (κ3) is 3.64. The molecule has 13 atom stereocenters. The number of carbonyl (C=O) groups excluding carboxylic acids is 1. The average Bonchev–Trinajstić information content (AvgIpc) is 3.39. The lowest BCUT2D eigenvalue weighted by molar-refractivity contribution is -0.310. The highest BCUT2D eigenvalue weighted by molar-refractivity contribution is 5.85. The molecule has 0 aromatic carbocycles. The minimum Gasteiger partial charge on any atom is -0.458 e. The van der Waals surface area contributed by atoms with Crippen molar-refractivity contribution in [2.45, 2.75) is 113 Å². The quantitative estimate of drug-likeness (QED) is 0.215. The molecule has 0 unspecified atom stereocenters. The van der Waals surface area contributed by atoms with Gasteiger partial charge in [0.15, 0.2) is 6.29 Å². The number of esters is 1. The highest BCUT2D eigenvalue weighted by atomic mass is 16.7. The molecule has 2 heterocycles. The zero-order valence-corrected chi connectivity index (χ0v) is 22.2. The molecule has 0 bridgehead atoms. The van der Waals surface area contributed by atoms with Crippen molar-refractivity contribution in [1.29, 1.82) is 0 Å². The van der Waals surface area contributed by atoms with E-state index >= 15 is 0 Å². The Labute approximate surface area is 222 Å². The second-order valence-corrected chi connectivity index (χ2v) is 13.4. The highest BCUT2D eigenvalue weighted by Gasteiger charge is 2.72. The van der Waals surface area contributed by atoms with Gasteiger partial charge in [0.05, 0.1) is 30.0 Å². The summed E-state index contributed by atoms with van der Waals surface area (Å²) in [5, 5.41) is 66.2. The van der Waals surface area contributed by atoms with E-state index < -0.39 is 58.8 Å². The van der Waals surface area contributed by atoms with Gasteiger partial charge in [-0.15, -0.1) is 0 Å². The first-order valence-corrected chi connectivity index (χ1v) is 14.1. The largest absolute Gasteiger partial charge is 0.458 e. The van der Waals surface area contributed by atoms with Gasteiger partial charge in [0.1, 0.15) is 24.9 Å². The molecule has 214 valence electrons. The molecule has 0 amide bonds. The SMILES string of the molecule is C[C@]12CC[C@H](O[C@@H]3OC[C@@H](O)[C@H](O)[C@H]3O)C[C@@]1(O)CC[C@@H]1[C@@H]2[C@H](O)C[C@]2(C)[C@@H](C3=CC(=O)OC3)CC[C@]12O. The Morgan fingerprint density at radius 2 is 1.68 bits per heavy atom. The van der Waals surface area contributed by atoms with Crippen LogP contribution in [-0.2, 0) is 19.0 Å². The van der Waals surface area contributed by atoms with E-state index in [9.17, 15) is 35.4 Å². The van der Waals surface area contributed by atoms with Crippen molar-refractivity contribution in [1.82, 2.24) is 0 Å². The smallest absolute Gasteiger partial charge is 0.331 e. The molecular formula is C28H42O10.